The molecule has 0 radical (unpaired) electrons. The summed E-state index contributed by atoms with van der Waals surface area (Å²) < 4.78 is 6.74. The van der Waals surface area contributed by atoms with Gasteiger partial charge in [0.15, 0.2) is 0 Å². The van der Waals surface area contributed by atoms with Gasteiger partial charge in [-0.15, -0.1) is 0 Å². The zero-order valence-electron chi connectivity index (χ0n) is 8.39. The molecule has 5 nitrogen and oxygen atoms in total. The molecule has 0 amide bonds. The number of benzene rings is 1. The molecule has 0 unspecified atom stereocenters. The van der Waals surface area contributed by atoms with E-state index in [-0.39, 0.29) is 5.56 Å². The van der Waals surface area contributed by atoms with Crippen LogP contribution in [0.5, 0.6) is 5.75 Å². The number of fused-ring (bicyclic) bond motifs is 1. The van der Waals surface area contributed by atoms with E-state index in [1.54, 1.807) is 17.9 Å². The first-order valence-electron chi connectivity index (χ1n) is 4.36. The molecule has 0 bridgehead atoms. The summed E-state index contributed by atoms with van der Waals surface area (Å²) in [6.07, 6.45) is 1.79. The topological polar surface area (TPSA) is 64.3 Å². The average molecular weight is 206 g/mol. The number of hydrogen-bond donors (Lipinski definition) is 1. The summed E-state index contributed by atoms with van der Waals surface area (Å²) >= 11 is 0. The quantitative estimate of drug-likeness (QED) is 0.803. The second-order valence-electron chi connectivity index (χ2n) is 3.22. The smallest absolute Gasteiger partial charge is 0.335 e. The second kappa shape index (κ2) is 3.27. The Hall–Kier alpha value is -2.04. The van der Waals surface area contributed by atoms with Crippen LogP contribution in [-0.4, -0.2) is 28.0 Å². The molecular weight excluding hydrogens is 196 g/mol. The third kappa shape index (κ3) is 1.52. The molecule has 1 aromatic heterocycles. The van der Waals surface area contributed by atoms with E-state index in [0.29, 0.717) is 11.3 Å². The van der Waals surface area contributed by atoms with Gasteiger partial charge in [0.05, 0.1) is 23.6 Å². The molecule has 2 rings (SSSR count). The number of aromatic nitrogens is 2. The molecule has 78 valence electrons. The van der Waals surface area contributed by atoms with E-state index in [4.69, 9.17) is 9.84 Å². The first-order chi connectivity index (χ1) is 7.11. The molecule has 15 heavy (non-hydrogen) atoms. The summed E-state index contributed by atoms with van der Waals surface area (Å²) in [5.74, 6) is -0.459. The standard InChI is InChI=1S/C10H10N2O3/c1-12-5-7-8(11-12)3-6(10(13)14)4-9(7)15-2/h3-5H,1-2H3,(H,13,14). The van der Waals surface area contributed by atoms with Crippen molar-refractivity contribution in [2.45, 2.75) is 0 Å². The zero-order valence-corrected chi connectivity index (χ0v) is 8.39. The molecule has 0 aliphatic rings. The molecule has 0 spiro atoms. The number of nitrogens with zero attached hydrogens (tertiary/aromatic N) is 2. The fourth-order valence-electron chi connectivity index (χ4n) is 1.50. The van der Waals surface area contributed by atoms with Crippen molar-refractivity contribution in [1.82, 2.24) is 9.78 Å². The van der Waals surface area contributed by atoms with Crippen LogP contribution in [0, 0.1) is 0 Å². The Kier molecular flexibility index (Phi) is 2.07. The van der Waals surface area contributed by atoms with Gasteiger partial charge in [-0.25, -0.2) is 4.79 Å². The summed E-state index contributed by atoms with van der Waals surface area (Å²) in [6, 6.07) is 3.02. The maximum atomic E-state index is 10.8. The van der Waals surface area contributed by atoms with Gasteiger partial charge >= 0.3 is 5.97 Å². The van der Waals surface area contributed by atoms with Gasteiger partial charge in [-0.2, -0.15) is 5.10 Å². The lowest BCUT2D eigenvalue weighted by molar-refractivity contribution is 0.0696. The minimum Gasteiger partial charge on any atom is -0.496 e. The van der Waals surface area contributed by atoms with Crippen LogP contribution < -0.4 is 4.74 Å². The van der Waals surface area contributed by atoms with Gasteiger partial charge < -0.3 is 9.84 Å². The first-order valence-corrected chi connectivity index (χ1v) is 4.36. The number of aryl methyl sites for hydroxylation is 1. The Balaban J connectivity index is 2.76. The van der Waals surface area contributed by atoms with E-state index in [0.717, 1.165) is 5.39 Å². The number of carbonyl (C=O) groups is 1. The maximum Gasteiger partial charge on any atom is 0.335 e. The van der Waals surface area contributed by atoms with Gasteiger partial charge in [-0.1, -0.05) is 0 Å². The zero-order chi connectivity index (χ0) is 11.0. The maximum absolute atomic E-state index is 10.8. The molecule has 1 aromatic carbocycles. The van der Waals surface area contributed by atoms with Crippen LogP contribution in [0.3, 0.4) is 0 Å². The average Bonchev–Trinajstić information content (AvgIpc) is 2.56. The van der Waals surface area contributed by atoms with Crippen molar-refractivity contribution in [2.24, 2.45) is 7.05 Å². The molecule has 0 atom stereocenters. The number of ether oxygens (including phenoxy) is 1. The molecule has 0 aliphatic heterocycles. The Bertz CT molecular complexity index is 531. The largest absolute Gasteiger partial charge is 0.496 e. The van der Waals surface area contributed by atoms with E-state index in [2.05, 4.69) is 5.10 Å². The van der Waals surface area contributed by atoms with Gasteiger partial charge in [0.1, 0.15) is 5.75 Å². The van der Waals surface area contributed by atoms with E-state index in [1.807, 2.05) is 0 Å². The Morgan fingerprint density at radius 2 is 2.27 bits per heavy atom. The van der Waals surface area contributed by atoms with Gasteiger partial charge in [0.25, 0.3) is 0 Å². The second-order valence-corrected chi connectivity index (χ2v) is 3.22. The predicted octanol–water partition coefficient (Wildman–Crippen LogP) is 1.28. The molecule has 2 aromatic rings. The van der Waals surface area contributed by atoms with Gasteiger partial charge in [0, 0.05) is 13.2 Å². The van der Waals surface area contributed by atoms with Crippen LogP contribution in [0.1, 0.15) is 10.4 Å². The summed E-state index contributed by atoms with van der Waals surface area (Å²) in [4.78, 5) is 10.8. The summed E-state index contributed by atoms with van der Waals surface area (Å²) in [5, 5.41) is 13.8. The van der Waals surface area contributed by atoms with E-state index >= 15 is 0 Å². The first kappa shape index (κ1) is 9.51. The Morgan fingerprint density at radius 3 is 2.87 bits per heavy atom. The highest BCUT2D eigenvalue weighted by atomic mass is 16.5. The SMILES string of the molecule is COc1cc(C(=O)O)cc2nn(C)cc12. The number of rotatable bonds is 2. The number of methoxy groups -OCH3 is 1. The lowest BCUT2D eigenvalue weighted by Crippen LogP contribution is -1.97. The van der Waals surface area contributed by atoms with Crippen LogP contribution in [-0.2, 0) is 7.05 Å². The number of hydrogen-bond acceptors (Lipinski definition) is 3. The highest BCUT2D eigenvalue weighted by Gasteiger charge is 2.11. The number of carboxylic acids is 1. The Labute approximate surface area is 85.9 Å². The van der Waals surface area contributed by atoms with Crippen molar-refractivity contribution in [1.29, 1.82) is 0 Å². The minimum absolute atomic E-state index is 0.179. The molecule has 1 heterocycles. The number of aromatic carboxylic acids is 1. The predicted molar refractivity (Wildman–Crippen MR) is 54.2 cm³/mol. The molecule has 0 aliphatic carbocycles. The van der Waals surface area contributed by atoms with Crippen molar-refractivity contribution >= 4 is 16.9 Å². The monoisotopic (exact) mass is 206 g/mol. The van der Waals surface area contributed by atoms with Crippen molar-refractivity contribution in [2.75, 3.05) is 7.11 Å². The molecule has 0 fully saturated rings. The van der Waals surface area contributed by atoms with E-state index in [9.17, 15) is 4.79 Å². The molecule has 0 saturated carbocycles. The van der Waals surface area contributed by atoms with Crippen LogP contribution in [0.4, 0.5) is 0 Å². The molecule has 5 heteroatoms. The highest BCUT2D eigenvalue weighted by Crippen LogP contribution is 2.26. The van der Waals surface area contributed by atoms with Crippen LogP contribution >= 0.6 is 0 Å². The number of carboxylic acid groups (broad SMARTS) is 1. The van der Waals surface area contributed by atoms with E-state index in [1.165, 1.54) is 19.2 Å². The van der Waals surface area contributed by atoms with Crippen LogP contribution in [0.15, 0.2) is 18.3 Å². The summed E-state index contributed by atoms with van der Waals surface area (Å²) in [7, 11) is 3.29. The van der Waals surface area contributed by atoms with Crippen molar-refractivity contribution in [3.05, 3.63) is 23.9 Å². The lowest BCUT2D eigenvalue weighted by Gasteiger charge is -2.02. The lowest BCUT2D eigenvalue weighted by atomic mass is 10.1. The van der Waals surface area contributed by atoms with Gasteiger partial charge in [0.2, 0.25) is 0 Å². The third-order valence-corrected chi connectivity index (χ3v) is 2.17. The summed E-state index contributed by atoms with van der Waals surface area (Å²) in [6.45, 7) is 0. The van der Waals surface area contributed by atoms with Crippen LogP contribution in [0.2, 0.25) is 0 Å². The van der Waals surface area contributed by atoms with Crippen molar-refractivity contribution in [3.63, 3.8) is 0 Å². The highest BCUT2D eigenvalue weighted by molar-refractivity contribution is 5.95. The molecule has 1 N–H and O–H groups in total. The summed E-state index contributed by atoms with van der Waals surface area (Å²) in [5.41, 5.74) is 0.798. The third-order valence-electron chi connectivity index (χ3n) is 2.17. The Morgan fingerprint density at radius 1 is 1.53 bits per heavy atom. The molecular formula is C10H10N2O3. The van der Waals surface area contributed by atoms with Crippen molar-refractivity contribution < 1.29 is 14.6 Å². The molecule has 0 saturated heterocycles. The van der Waals surface area contributed by atoms with Crippen LogP contribution in [0.25, 0.3) is 10.9 Å². The fraction of sp³-hybridized carbons (Fsp3) is 0.200. The van der Waals surface area contributed by atoms with Gasteiger partial charge in [-0.3, -0.25) is 4.68 Å². The minimum atomic E-state index is -0.985. The van der Waals surface area contributed by atoms with E-state index < -0.39 is 5.97 Å². The normalized spacial score (nSPS) is 10.5. The van der Waals surface area contributed by atoms with Gasteiger partial charge in [-0.05, 0) is 12.1 Å². The van der Waals surface area contributed by atoms with Crippen molar-refractivity contribution in [3.8, 4) is 5.75 Å². The fourth-order valence-corrected chi connectivity index (χ4v) is 1.50.